The highest BCUT2D eigenvalue weighted by Crippen LogP contribution is 2.26. The van der Waals surface area contributed by atoms with E-state index in [1.807, 2.05) is 12.1 Å². The van der Waals surface area contributed by atoms with Crippen molar-refractivity contribution in [2.45, 2.75) is 12.5 Å². The number of nitrogens with zero attached hydrogens (tertiary/aromatic N) is 2. The second-order valence-electron chi connectivity index (χ2n) is 6.13. The Hall–Kier alpha value is -2.19. The van der Waals surface area contributed by atoms with Crippen LogP contribution < -0.4 is 16.4 Å². The molecule has 2 aromatic heterocycles. The molecule has 0 bridgehead atoms. The van der Waals surface area contributed by atoms with Crippen molar-refractivity contribution < 1.29 is 4.79 Å². The van der Waals surface area contributed by atoms with Gasteiger partial charge in [-0.1, -0.05) is 29.3 Å². The second kappa shape index (κ2) is 9.34. The maximum absolute atomic E-state index is 12.4. The first-order valence-electron chi connectivity index (χ1n) is 8.53. The number of carbonyl (C=O) groups excluding carboxylic acids is 1. The summed E-state index contributed by atoms with van der Waals surface area (Å²) >= 11 is 13.5. The lowest BCUT2D eigenvalue weighted by Gasteiger charge is -2.13. The van der Waals surface area contributed by atoms with Gasteiger partial charge in [0, 0.05) is 41.3 Å². The summed E-state index contributed by atoms with van der Waals surface area (Å²) in [6.45, 7) is 0.334. The van der Waals surface area contributed by atoms with Crippen molar-refractivity contribution in [1.29, 1.82) is 0 Å². The normalized spacial score (nSPS) is 11.9. The summed E-state index contributed by atoms with van der Waals surface area (Å²) in [5.74, 6) is 0.354. The number of hydrogen-bond donors (Lipinski definition) is 3. The zero-order valence-corrected chi connectivity index (χ0v) is 17.4. The molecule has 146 valence electrons. The number of halogens is 2. The molecule has 3 aromatic rings. The van der Waals surface area contributed by atoms with E-state index in [1.54, 1.807) is 36.8 Å². The average Bonchev–Trinajstić information content (AvgIpc) is 3.19. The van der Waals surface area contributed by atoms with Crippen LogP contribution in [-0.4, -0.2) is 35.5 Å². The molecule has 0 aliphatic heterocycles. The van der Waals surface area contributed by atoms with Crippen molar-refractivity contribution in [1.82, 2.24) is 15.3 Å². The average molecular weight is 436 g/mol. The van der Waals surface area contributed by atoms with Crippen molar-refractivity contribution in [3.8, 4) is 10.6 Å². The SMILES string of the molecule is CNc1nccc(-c2cc(C(=O)NCC(N)Cc3ccc(Cl)cc3Cl)cs2)n1. The van der Waals surface area contributed by atoms with Crippen LogP contribution in [0.3, 0.4) is 0 Å². The van der Waals surface area contributed by atoms with Gasteiger partial charge in [-0.2, -0.15) is 0 Å². The number of nitrogens with one attached hydrogen (secondary N) is 2. The van der Waals surface area contributed by atoms with E-state index in [9.17, 15) is 4.79 Å². The number of carbonyl (C=O) groups is 1. The number of hydrogen-bond acceptors (Lipinski definition) is 6. The van der Waals surface area contributed by atoms with Crippen molar-refractivity contribution in [2.75, 3.05) is 18.9 Å². The molecule has 3 rings (SSSR count). The Labute approximate surface area is 177 Å². The summed E-state index contributed by atoms with van der Waals surface area (Å²) in [6.07, 6.45) is 2.22. The number of aromatic nitrogens is 2. The molecule has 1 aromatic carbocycles. The Morgan fingerprint density at radius 1 is 1.29 bits per heavy atom. The van der Waals surface area contributed by atoms with Gasteiger partial charge < -0.3 is 16.4 Å². The number of thiophene rings is 1. The van der Waals surface area contributed by atoms with E-state index >= 15 is 0 Å². The molecule has 1 unspecified atom stereocenters. The minimum absolute atomic E-state index is 0.178. The Bertz CT molecular complexity index is 978. The lowest BCUT2D eigenvalue weighted by Crippen LogP contribution is -2.38. The van der Waals surface area contributed by atoms with Crippen LogP contribution in [0, 0.1) is 0 Å². The van der Waals surface area contributed by atoms with Crippen LogP contribution in [0.5, 0.6) is 0 Å². The third-order valence-corrected chi connectivity index (χ3v) is 5.55. The van der Waals surface area contributed by atoms with Gasteiger partial charge in [-0.05, 0) is 36.2 Å². The van der Waals surface area contributed by atoms with Crippen LogP contribution in [0.25, 0.3) is 10.6 Å². The smallest absolute Gasteiger partial charge is 0.252 e. The number of anilines is 1. The zero-order chi connectivity index (χ0) is 20.1. The van der Waals surface area contributed by atoms with Crippen molar-refractivity contribution in [2.24, 2.45) is 5.73 Å². The summed E-state index contributed by atoms with van der Waals surface area (Å²) in [5.41, 5.74) is 8.37. The molecule has 9 heteroatoms. The first-order valence-corrected chi connectivity index (χ1v) is 10.2. The Kier molecular flexibility index (Phi) is 6.85. The van der Waals surface area contributed by atoms with E-state index in [2.05, 4.69) is 20.6 Å². The van der Waals surface area contributed by atoms with Crippen LogP contribution in [-0.2, 0) is 6.42 Å². The maximum Gasteiger partial charge on any atom is 0.252 e. The highest BCUT2D eigenvalue weighted by Gasteiger charge is 2.13. The number of rotatable bonds is 7. The minimum atomic E-state index is -0.263. The molecule has 6 nitrogen and oxygen atoms in total. The van der Waals surface area contributed by atoms with E-state index in [0.29, 0.717) is 34.5 Å². The fraction of sp³-hybridized carbons (Fsp3) is 0.211. The molecule has 0 radical (unpaired) electrons. The fourth-order valence-corrected chi connectivity index (χ4v) is 3.92. The van der Waals surface area contributed by atoms with E-state index < -0.39 is 0 Å². The lowest BCUT2D eigenvalue weighted by molar-refractivity contribution is 0.0951. The molecule has 4 N–H and O–H groups in total. The van der Waals surface area contributed by atoms with Crippen molar-refractivity contribution >= 4 is 46.4 Å². The van der Waals surface area contributed by atoms with Gasteiger partial charge in [-0.15, -0.1) is 11.3 Å². The molecule has 28 heavy (non-hydrogen) atoms. The second-order valence-corrected chi connectivity index (χ2v) is 7.88. The molecule has 0 aliphatic rings. The molecule has 0 saturated heterocycles. The van der Waals surface area contributed by atoms with Crippen molar-refractivity contribution in [3.63, 3.8) is 0 Å². The molecular weight excluding hydrogens is 417 g/mol. The van der Waals surface area contributed by atoms with Crippen LogP contribution >= 0.6 is 34.5 Å². The van der Waals surface area contributed by atoms with E-state index in [0.717, 1.165) is 16.1 Å². The zero-order valence-electron chi connectivity index (χ0n) is 15.1. The monoisotopic (exact) mass is 435 g/mol. The molecule has 0 saturated carbocycles. The summed E-state index contributed by atoms with van der Waals surface area (Å²) in [4.78, 5) is 21.8. The number of amides is 1. The molecular formula is C19H19Cl2N5OS. The van der Waals surface area contributed by atoms with Crippen LogP contribution in [0.1, 0.15) is 15.9 Å². The van der Waals surface area contributed by atoms with Crippen LogP contribution in [0.2, 0.25) is 10.0 Å². The third kappa shape index (κ3) is 5.20. The summed E-state index contributed by atoms with van der Waals surface area (Å²) in [7, 11) is 1.76. The fourth-order valence-electron chi connectivity index (χ4n) is 2.57. The maximum atomic E-state index is 12.4. The summed E-state index contributed by atoms with van der Waals surface area (Å²) < 4.78 is 0. The number of nitrogens with two attached hydrogens (primary N) is 1. The van der Waals surface area contributed by atoms with Gasteiger partial charge >= 0.3 is 0 Å². The highest BCUT2D eigenvalue weighted by atomic mass is 35.5. The Balaban J connectivity index is 1.58. The first kappa shape index (κ1) is 20.5. The van der Waals surface area contributed by atoms with E-state index in [1.165, 1.54) is 11.3 Å². The summed E-state index contributed by atoms with van der Waals surface area (Å²) in [6, 6.07) is 8.65. The summed E-state index contributed by atoms with van der Waals surface area (Å²) in [5, 5.41) is 8.71. The standard InChI is InChI=1S/C19H19Cl2N5OS/c1-23-19-24-5-4-16(26-19)17-7-12(10-28-17)18(27)25-9-14(22)6-11-2-3-13(20)8-15(11)21/h2-5,7-8,10,14H,6,9,22H2,1H3,(H,25,27)(H,23,24,26). The molecule has 0 spiro atoms. The molecule has 1 amide bonds. The van der Waals surface area contributed by atoms with Crippen molar-refractivity contribution in [3.05, 3.63) is 63.1 Å². The lowest BCUT2D eigenvalue weighted by atomic mass is 10.1. The Morgan fingerprint density at radius 2 is 2.11 bits per heavy atom. The topological polar surface area (TPSA) is 92.9 Å². The Morgan fingerprint density at radius 3 is 2.86 bits per heavy atom. The molecule has 1 atom stereocenters. The molecule has 0 fully saturated rings. The van der Waals surface area contributed by atoms with Gasteiger partial charge in [0.15, 0.2) is 0 Å². The predicted molar refractivity (Wildman–Crippen MR) is 115 cm³/mol. The molecule has 2 heterocycles. The van der Waals surface area contributed by atoms with Crippen LogP contribution in [0.15, 0.2) is 41.9 Å². The number of benzene rings is 1. The quantitative estimate of drug-likeness (QED) is 0.523. The van der Waals surface area contributed by atoms with Gasteiger partial charge in [0.05, 0.1) is 16.1 Å². The largest absolute Gasteiger partial charge is 0.357 e. The van der Waals surface area contributed by atoms with Gasteiger partial charge in [0.1, 0.15) is 0 Å². The van der Waals surface area contributed by atoms with Crippen LogP contribution in [0.4, 0.5) is 5.95 Å². The molecule has 0 aliphatic carbocycles. The van der Waals surface area contributed by atoms with Gasteiger partial charge in [0.25, 0.3) is 5.91 Å². The van der Waals surface area contributed by atoms with Gasteiger partial charge in [-0.25, -0.2) is 9.97 Å². The minimum Gasteiger partial charge on any atom is -0.357 e. The van der Waals surface area contributed by atoms with E-state index in [4.69, 9.17) is 28.9 Å². The highest BCUT2D eigenvalue weighted by molar-refractivity contribution is 7.13. The van der Waals surface area contributed by atoms with Gasteiger partial charge in [0.2, 0.25) is 5.95 Å². The first-order chi connectivity index (χ1) is 13.5. The van der Waals surface area contributed by atoms with E-state index in [-0.39, 0.29) is 11.9 Å². The third-order valence-electron chi connectivity index (χ3n) is 4.02. The predicted octanol–water partition coefficient (Wildman–Crippen LogP) is 3.85. The van der Waals surface area contributed by atoms with Gasteiger partial charge in [-0.3, -0.25) is 4.79 Å².